The zero-order chi connectivity index (χ0) is 24.7. The fraction of sp³-hybridized carbons (Fsp3) is 0.444. The van der Waals surface area contributed by atoms with Crippen LogP contribution in [0.2, 0.25) is 0 Å². The fourth-order valence-electron chi connectivity index (χ4n) is 5.38. The van der Waals surface area contributed by atoms with Gasteiger partial charge < -0.3 is 16.2 Å². The number of carboxylic acids is 1. The molecule has 2 aromatic heterocycles. The Morgan fingerprint density at radius 3 is 2.49 bits per heavy atom. The lowest BCUT2D eigenvalue weighted by molar-refractivity contribution is -0.142. The molecule has 0 radical (unpaired) electrons. The average Bonchev–Trinajstić information content (AvgIpc) is 3.30. The van der Waals surface area contributed by atoms with E-state index in [0.717, 1.165) is 52.6 Å². The Morgan fingerprint density at radius 2 is 1.89 bits per heavy atom. The van der Waals surface area contributed by atoms with Crippen LogP contribution in [-0.4, -0.2) is 32.2 Å². The summed E-state index contributed by atoms with van der Waals surface area (Å²) in [6.07, 6.45) is 15.7. The number of nitrogens with two attached hydrogens (primary N) is 1. The molecule has 1 saturated carbocycles. The van der Waals surface area contributed by atoms with Crippen molar-refractivity contribution in [3.63, 3.8) is 0 Å². The maximum atomic E-state index is 11.4. The summed E-state index contributed by atoms with van der Waals surface area (Å²) >= 11 is 3.64. The summed E-state index contributed by atoms with van der Waals surface area (Å²) in [5, 5.41) is 17.5. The zero-order valence-corrected chi connectivity index (χ0v) is 21.8. The van der Waals surface area contributed by atoms with Crippen LogP contribution < -0.4 is 11.1 Å². The predicted octanol–water partition coefficient (Wildman–Crippen LogP) is 5.61. The number of aliphatic carboxylic acids is 1. The number of nitrogens with one attached hydrogen (secondary N) is 1. The Morgan fingerprint density at radius 1 is 1.14 bits per heavy atom. The number of carbonyl (C=O) groups is 1. The first-order valence-electron chi connectivity index (χ1n) is 12.4. The summed E-state index contributed by atoms with van der Waals surface area (Å²) in [4.78, 5) is 16.4. The number of allylic oxidation sites excluding steroid dienone is 6. The summed E-state index contributed by atoms with van der Waals surface area (Å²) < 4.78 is 2.45. The average molecular weight is 538 g/mol. The minimum atomic E-state index is -0.701. The highest BCUT2D eigenvalue weighted by atomic mass is 79.9. The van der Waals surface area contributed by atoms with Crippen LogP contribution in [-0.2, 0) is 4.79 Å². The molecule has 184 valence electrons. The van der Waals surface area contributed by atoms with E-state index in [1.54, 1.807) is 4.52 Å². The van der Waals surface area contributed by atoms with Crippen LogP contribution >= 0.6 is 15.9 Å². The van der Waals surface area contributed by atoms with Crippen molar-refractivity contribution in [3.05, 3.63) is 63.1 Å². The van der Waals surface area contributed by atoms with E-state index < -0.39 is 5.97 Å². The highest BCUT2D eigenvalue weighted by Crippen LogP contribution is 2.40. The molecule has 2 aromatic rings. The number of anilines is 1. The van der Waals surface area contributed by atoms with Crippen molar-refractivity contribution in [3.8, 4) is 0 Å². The molecule has 0 bridgehead atoms. The Bertz CT molecular complexity index is 1290. The van der Waals surface area contributed by atoms with Crippen LogP contribution in [0.5, 0.6) is 0 Å². The second kappa shape index (κ2) is 9.64. The Hall–Kier alpha value is -2.87. The number of nitrogen functional groups attached to an aromatic ring is 1. The third-order valence-electron chi connectivity index (χ3n) is 7.65. The van der Waals surface area contributed by atoms with Crippen LogP contribution in [0, 0.1) is 11.8 Å². The molecule has 3 aliphatic rings. The monoisotopic (exact) mass is 537 g/mol. The molecule has 8 heteroatoms. The van der Waals surface area contributed by atoms with Crippen molar-refractivity contribution in [1.82, 2.24) is 19.9 Å². The van der Waals surface area contributed by atoms with E-state index in [0.29, 0.717) is 31.1 Å². The van der Waals surface area contributed by atoms with Gasteiger partial charge in [0, 0.05) is 23.7 Å². The predicted molar refractivity (Wildman–Crippen MR) is 142 cm³/mol. The van der Waals surface area contributed by atoms with Crippen LogP contribution in [0.3, 0.4) is 0 Å². The lowest BCUT2D eigenvalue weighted by Gasteiger charge is -2.27. The molecule has 3 heterocycles. The van der Waals surface area contributed by atoms with Crippen LogP contribution in [0.4, 0.5) is 5.82 Å². The summed E-state index contributed by atoms with van der Waals surface area (Å²) in [7, 11) is 0. The van der Waals surface area contributed by atoms with Gasteiger partial charge in [-0.25, -0.2) is 4.98 Å². The quantitative estimate of drug-likeness (QED) is 0.458. The number of hydrogen-bond acceptors (Lipinski definition) is 5. The van der Waals surface area contributed by atoms with Gasteiger partial charge in [-0.1, -0.05) is 37.6 Å². The third kappa shape index (κ3) is 4.56. The highest BCUT2D eigenvalue weighted by Gasteiger charge is 2.30. The number of dihydropyridines is 1. The molecule has 2 aliphatic carbocycles. The second-order valence-corrected chi connectivity index (χ2v) is 10.9. The molecule has 0 atom stereocenters. The molecule has 1 fully saturated rings. The van der Waals surface area contributed by atoms with Gasteiger partial charge in [-0.3, -0.25) is 4.79 Å². The van der Waals surface area contributed by atoms with Crippen molar-refractivity contribution in [1.29, 1.82) is 0 Å². The molecule has 0 unspecified atom stereocenters. The first-order valence-corrected chi connectivity index (χ1v) is 13.2. The van der Waals surface area contributed by atoms with Crippen LogP contribution in [0.1, 0.15) is 69.5 Å². The van der Waals surface area contributed by atoms with Gasteiger partial charge in [0.15, 0.2) is 5.65 Å². The van der Waals surface area contributed by atoms with Gasteiger partial charge in [0.1, 0.15) is 5.82 Å². The zero-order valence-electron chi connectivity index (χ0n) is 20.2. The highest BCUT2D eigenvalue weighted by molar-refractivity contribution is 9.10. The van der Waals surface area contributed by atoms with Crippen molar-refractivity contribution < 1.29 is 9.90 Å². The van der Waals surface area contributed by atoms with E-state index in [4.69, 9.17) is 10.7 Å². The summed E-state index contributed by atoms with van der Waals surface area (Å²) in [6.45, 7) is 5.20. The van der Waals surface area contributed by atoms with Gasteiger partial charge in [0.05, 0.1) is 22.3 Å². The summed E-state index contributed by atoms with van der Waals surface area (Å²) in [5.74, 6) is 0.343. The molecular weight excluding hydrogens is 506 g/mol. The van der Waals surface area contributed by atoms with E-state index in [-0.39, 0.29) is 11.8 Å². The number of rotatable bonds is 5. The number of aromatic nitrogens is 3. The third-order valence-corrected chi connectivity index (χ3v) is 8.46. The summed E-state index contributed by atoms with van der Waals surface area (Å²) in [6, 6.07) is 0. The molecule has 1 aliphatic heterocycles. The topological polar surface area (TPSA) is 106 Å². The largest absolute Gasteiger partial charge is 0.481 e. The van der Waals surface area contributed by atoms with E-state index in [2.05, 4.69) is 64.5 Å². The minimum absolute atomic E-state index is 0.182. The van der Waals surface area contributed by atoms with Crippen molar-refractivity contribution >= 4 is 38.9 Å². The number of halogens is 1. The summed E-state index contributed by atoms with van der Waals surface area (Å²) in [5.41, 5.74) is 14.2. The van der Waals surface area contributed by atoms with E-state index >= 15 is 0 Å². The normalized spacial score (nSPS) is 22.9. The van der Waals surface area contributed by atoms with Crippen molar-refractivity contribution in [2.75, 3.05) is 12.3 Å². The first kappa shape index (κ1) is 23.9. The molecule has 7 nitrogen and oxygen atoms in total. The molecule has 5 rings (SSSR count). The van der Waals surface area contributed by atoms with Gasteiger partial charge in [0.25, 0.3) is 0 Å². The number of nitrogens with zero attached hydrogens (tertiary/aromatic N) is 3. The molecule has 35 heavy (non-hydrogen) atoms. The van der Waals surface area contributed by atoms with Gasteiger partial charge in [-0.2, -0.15) is 9.61 Å². The van der Waals surface area contributed by atoms with E-state index in [1.165, 1.54) is 16.8 Å². The fourth-order valence-corrected chi connectivity index (χ4v) is 5.96. The van der Waals surface area contributed by atoms with Gasteiger partial charge >= 0.3 is 5.97 Å². The number of carboxylic acid groups (broad SMARTS) is 1. The Kier molecular flexibility index (Phi) is 6.57. The SMILES string of the molecule is CC(C)C1=CC=C(C2=CC=C(c3cnn4c(N)c(Br)c(C5CCC(C(=O)O)CC5)nc34)CN2)CC1. The van der Waals surface area contributed by atoms with Gasteiger partial charge in [-0.05, 0) is 77.6 Å². The minimum Gasteiger partial charge on any atom is -0.481 e. The lowest BCUT2D eigenvalue weighted by atomic mass is 9.80. The number of hydrogen-bond donors (Lipinski definition) is 3. The molecule has 0 amide bonds. The van der Waals surface area contributed by atoms with Crippen molar-refractivity contribution in [2.24, 2.45) is 11.8 Å². The van der Waals surface area contributed by atoms with E-state index in [9.17, 15) is 9.90 Å². The molecule has 0 saturated heterocycles. The van der Waals surface area contributed by atoms with Crippen LogP contribution in [0.25, 0.3) is 11.2 Å². The smallest absolute Gasteiger partial charge is 0.306 e. The number of fused-ring (bicyclic) bond motifs is 1. The van der Waals surface area contributed by atoms with Crippen molar-refractivity contribution in [2.45, 2.75) is 58.3 Å². The molecule has 0 spiro atoms. The standard InChI is InChI=1S/C27H32BrN5O2/c1-15(2)16-3-5-17(6-4-16)22-12-11-20(13-30-22)21-14-31-33-25(29)23(28)24(32-26(21)33)18-7-9-19(10-8-18)27(34)35/h3,5,11-12,14-15,18-19,30H,4,6-10,13,29H2,1-2H3,(H,34,35). The second-order valence-electron chi connectivity index (χ2n) is 10.1. The van der Waals surface area contributed by atoms with Crippen LogP contribution in [0.15, 0.2) is 51.8 Å². The van der Waals surface area contributed by atoms with E-state index in [1.807, 2.05) is 6.20 Å². The lowest BCUT2D eigenvalue weighted by Crippen LogP contribution is -2.22. The molecular formula is C27H32BrN5O2. The molecule has 0 aromatic carbocycles. The Balaban J connectivity index is 1.43. The first-order chi connectivity index (χ1) is 16.8. The maximum absolute atomic E-state index is 11.4. The van der Waals surface area contributed by atoms with Gasteiger partial charge in [-0.15, -0.1) is 0 Å². The molecule has 4 N–H and O–H groups in total. The van der Waals surface area contributed by atoms with Gasteiger partial charge in [0.2, 0.25) is 0 Å². The maximum Gasteiger partial charge on any atom is 0.306 e. The Labute approximate surface area is 214 Å².